The molecule has 0 rings (SSSR count). The maximum atomic E-state index is 11.4. The second kappa shape index (κ2) is 2.88. The largest absolute Gasteiger partial charge is 0.383 e. The lowest BCUT2D eigenvalue weighted by molar-refractivity contribution is -0.0465. The van der Waals surface area contributed by atoms with Crippen LogP contribution >= 0.6 is 0 Å². The van der Waals surface area contributed by atoms with Crippen molar-refractivity contribution in [1.82, 2.24) is 0 Å². The van der Waals surface area contributed by atoms with Gasteiger partial charge >= 0.3 is 0 Å². The summed E-state index contributed by atoms with van der Waals surface area (Å²) in [4.78, 5) is 0. The Hall–Kier alpha value is -0.290. The minimum Gasteiger partial charge on any atom is -0.383 e. The van der Waals surface area contributed by atoms with E-state index in [1.807, 2.05) is 0 Å². The lowest BCUT2D eigenvalue weighted by Gasteiger charge is -2.08. The molecular weight excluding hydrogens is 123 g/mol. The van der Waals surface area contributed by atoms with Gasteiger partial charge in [0.05, 0.1) is 0 Å². The van der Waals surface area contributed by atoms with Crippen LogP contribution in [-0.2, 0) is 0 Å². The third-order valence-electron chi connectivity index (χ3n) is 0.584. The first-order valence-corrected chi connectivity index (χ1v) is 1.91. The average Bonchev–Trinajstić information content (AvgIpc) is 1.64. The van der Waals surface area contributed by atoms with Crippen LogP contribution in [-0.4, -0.2) is 23.9 Å². The van der Waals surface area contributed by atoms with E-state index in [-0.39, 0.29) is 0 Å². The van der Waals surface area contributed by atoms with Gasteiger partial charge in [-0.3, -0.25) is 5.73 Å². The van der Waals surface area contributed by atoms with Crippen molar-refractivity contribution in [1.29, 1.82) is 0 Å². The van der Waals surface area contributed by atoms with Gasteiger partial charge in [0.15, 0.2) is 12.4 Å². The zero-order chi connectivity index (χ0) is 6.73. The van der Waals surface area contributed by atoms with Crippen LogP contribution in [0.1, 0.15) is 0 Å². The van der Waals surface area contributed by atoms with Crippen LogP contribution < -0.4 is 5.73 Å². The number of rotatable bonds is 2. The third-order valence-corrected chi connectivity index (χ3v) is 0.584. The average molecular weight is 129 g/mol. The van der Waals surface area contributed by atoms with Gasteiger partial charge in [0.25, 0.3) is 6.43 Å². The Morgan fingerprint density at radius 1 is 1.25 bits per heavy atom. The summed E-state index contributed by atoms with van der Waals surface area (Å²) >= 11 is 0. The van der Waals surface area contributed by atoms with Crippen molar-refractivity contribution in [2.24, 2.45) is 5.73 Å². The lowest BCUT2D eigenvalue weighted by Crippen LogP contribution is -2.35. The molecule has 0 radical (unpaired) electrons. The molecule has 0 aromatic rings. The molecule has 0 aliphatic heterocycles. The van der Waals surface area contributed by atoms with Gasteiger partial charge in [0.1, 0.15) is 0 Å². The smallest absolute Gasteiger partial charge is 0.268 e. The Bertz CT molecular complexity index is 59.5. The first-order chi connectivity index (χ1) is 3.55. The van der Waals surface area contributed by atoms with E-state index in [1.165, 1.54) is 0 Å². The second-order valence-corrected chi connectivity index (χ2v) is 1.27. The topological polar surface area (TPSA) is 46.2 Å². The van der Waals surface area contributed by atoms with E-state index in [0.717, 1.165) is 0 Å². The Morgan fingerprint density at radius 3 is 1.62 bits per heavy atom. The molecule has 8 heavy (non-hydrogen) atoms. The number of aliphatic hydroxyl groups is 1. The molecule has 0 aliphatic rings. The molecule has 0 fully saturated rings. The van der Waals surface area contributed by atoms with Crippen LogP contribution in [0.4, 0.5) is 13.2 Å². The molecule has 0 saturated carbocycles. The van der Waals surface area contributed by atoms with Gasteiger partial charge in [0, 0.05) is 0 Å². The zero-order valence-electron chi connectivity index (χ0n) is 3.89. The Morgan fingerprint density at radius 2 is 1.62 bits per heavy atom. The number of hydrogen-bond acceptors (Lipinski definition) is 2. The van der Waals surface area contributed by atoms with Gasteiger partial charge in [-0.05, 0) is 0 Å². The number of aliphatic hydroxyl groups excluding tert-OH is 1. The molecule has 0 aromatic heterocycles. The van der Waals surface area contributed by atoms with E-state index in [0.29, 0.717) is 0 Å². The summed E-state index contributed by atoms with van der Waals surface area (Å²) in [6, 6.07) is 0. The maximum Gasteiger partial charge on any atom is 0.268 e. The fourth-order valence-corrected chi connectivity index (χ4v) is 0.139. The highest BCUT2D eigenvalue weighted by Crippen LogP contribution is 2.03. The van der Waals surface area contributed by atoms with Gasteiger partial charge in [-0.25, -0.2) is 13.2 Å². The molecule has 0 saturated heterocycles. The molecule has 0 bridgehead atoms. The first kappa shape index (κ1) is 7.71. The fourth-order valence-electron chi connectivity index (χ4n) is 0.139. The highest BCUT2D eigenvalue weighted by Gasteiger charge is 2.23. The van der Waals surface area contributed by atoms with E-state index < -0.39 is 18.8 Å². The quantitative estimate of drug-likeness (QED) is 0.510. The molecule has 0 spiro atoms. The molecule has 2 nitrogen and oxygen atoms in total. The Balaban J connectivity index is 3.46. The van der Waals surface area contributed by atoms with Crippen molar-refractivity contribution in [3.63, 3.8) is 0 Å². The summed E-state index contributed by atoms with van der Waals surface area (Å²) in [5.74, 6) is 0. The molecule has 0 aromatic carbocycles. The van der Waals surface area contributed by atoms with Gasteiger partial charge in [-0.1, -0.05) is 0 Å². The lowest BCUT2D eigenvalue weighted by atomic mass is 10.4. The summed E-state index contributed by atoms with van der Waals surface area (Å²) in [5, 5.41) is 7.95. The molecule has 3 N–H and O–H groups in total. The van der Waals surface area contributed by atoms with Crippen LogP contribution in [0.15, 0.2) is 0 Å². The molecule has 0 heterocycles. The molecule has 0 amide bonds. The van der Waals surface area contributed by atoms with E-state index in [4.69, 9.17) is 5.11 Å². The highest BCUT2D eigenvalue weighted by molar-refractivity contribution is 4.62. The van der Waals surface area contributed by atoms with Crippen molar-refractivity contribution in [3.05, 3.63) is 0 Å². The summed E-state index contributed by atoms with van der Waals surface area (Å²) in [6.45, 7) is 0. The van der Waals surface area contributed by atoms with Crippen LogP contribution in [0, 0.1) is 0 Å². The number of nitrogens with two attached hydrogens (primary N) is 1. The standard InChI is InChI=1S/C3H6F3NO/c4-2(5)1(8)3(6)7/h1-3,8H,7H2/t1-,3?/m1/s1. The molecule has 2 atom stereocenters. The predicted molar refractivity (Wildman–Crippen MR) is 21.1 cm³/mol. The number of halogens is 3. The molecular formula is C3H6F3NO. The first-order valence-electron chi connectivity index (χ1n) is 1.91. The van der Waals surface area contributed by atoms with Crippen LogP contribution in [0.25, 0.3) is 0 Å². The predicted octanol–water partition coefficient (Wildman–Crippen LogP) is -0.133. The second-order valence-electron chi connectivity index (χ2n) is 1.27. The van der Waals surface area contributed by atoms with Crippen molar-refractivity contribution in [2.75, 3.05) is 0 Å². The van der Waals surface area contributed by atoms with Gasteiger partial charge < -0.3 is 5.11 Å². The molecule has 50 valence electrons. The normalized spacial score (nSPS) is 18.8. The van der Waals surface area contributed by atoms with Gasteiger partial charge in [-0.15, -0.1) is 0 Å². The van der Waals surface area contributed by atoms with Crippen LogP contribution in [0.5, 0.6) is 0 Å². The summed E-state index contributed by atoms with van der Waals surface area (Å²) in [6.07, 6.45) is -7.81. The van der Waals surface area contributed by atoms with Crippen molar-refractivity contribution in [2.45, 2.75) is 18.8 Å². The molecule has 5 heteroatoms. The van der Waals surface area contributed by atoms with Gasteiger partial charge in [-0.2, -0.15) is 0 Å². The monoisotopic (exact) mass is 129 g/mol. The molecule has 1 unspecified atom stereocenters. The van der Waals surface area contributed by atoms with E-state index in [1.54, 1.807) is 0 Å². The highest BCUT2D eigenvalue weighted by atomic mass is 19.3. The summed E-state index contributed by atoms with van der Waals surface area (Å²) < 4.78 is 33.6. The maximum absolute atomic E-state index is 11.4. The van der Waals surface area contributed by atoms with Crippen molar-refractivity contribution < 1.29 is 18.3 Å². The van der Waals surface area contributed by atoms with Crippen molar-refractivity contribution >= 4 is 0 Å². The zero-order valence-corrected chi connectivity index (χ0v) is 3.89. The van der Waals surface area contributed by atoms with Gasteiger partial charge in [0.2, 0.25) is 0 Å². The number of hydrogen-bond donors (Lipinski definition) is 2. The fraction of sp³-hybridized carbons (Fsp3) is 1.00. The van der Waals surface area contributed by atoms with E-state index >= 15 is 0 Å². The minimum atomic E-state index is -3.10. The summed E-state index contributed by atoms with van der Waals surface area (Å²) in [5.41, 5.74) is 4.24. The SMILES string of the molecule is NC(F)[C@H](O)C(F)F. The van der Waals surface area contributed by atoms with E-state index in [2.05, 4.69) is 5.73 Å². The van der Waals surface area contributed by atoms with Crippen LogP contribution in [0.2, 0.25) is 0 Å². The number of alkyl halides is 3. The third kappa shape index (κ3) is 2.13. The Kier molecular flexibility index (Phi) is 2.78. The minimum absolute atomic E-state index is 2.35. The Labute approximate surface area is 44.1 Å². The summed E-state index contributed by atoms with van der Waals surface area (Å²) in [7, 11) is 0. The van der Waals surface area contributed by atoms with E-state index in [9.17, 15) is 13.2 Å². The van der Waals surface area contributed by atoms with Crippen molar-refractivity contribution in [3.8, 4) is 0 Å². The molecule has 0 aliphatic carbocycles. The van der Waals surface area contributed by atoms with Crippen LogP contribution in [0.3, 0.4) is 0 Å².